The molecule has 94 valence electrons. The number of halogens is 3. The Morgan fingerprint density at radius 3 is 1.88 bits per heavy atom. The third-order valence-corrected chi connectivity index (χ3v) is 1.92. The van der Waals surface area contributed by atoms with Crippen LogP contribution in [0.2, 0.25) is 0 Å². The summed E-state index contributed by atoms with van der Waals surface area (Å²) in [4.78, 5) is 22.1. The van der Waals surface area contributed by atoms with Gasteiger partial charge in [0, 0.05) is 6.42 Å². The minimum Gasteiger partial charge on any atom is -0.468 e. The molecule has 0 saturated heterocycles. The van der Waals surface area contributed by atoms with Crippen molar-refractivity contribution in [1.29, 1.82) is 0 Å². The van der Waals surface area contributed by atoms with Crippen LogP contribution in [0.15, 0.2) is 0 Å². The average Bonchev–Trinajstić information content (AvgIpc) is 2.21. The molecule has 0 heterocycles. The summed E-state index contributed by atoms with van der Waals surface area (Å²) in [5.74, 6) is -3.04. The Morgan fingerprint density at radius 2 is 1.56 bits per heavy atom. The van der Waals surface area contributed by atoms with Gasteiger partial charge in [-0.2, -0.15) is 13.2 Å². The van der Waals surface area contributed by atoms with Gasteiger partial charge in [0.2, 0.25) is 0 Å². The number of rotatable bonds is 5. The summed E-state index contributed by atoms with van der Waals surface area (Å²) >= 11 is 0. The maximum Gasteiger partial charge on any atom is 0.389 e. The SMILES string of the molecule is COC(=O)C(CCCC(F)(F)F)C(=O)OC. The van der Waals surface area contributed by atoms with E-state index < -0.39 is 30.5 Å². The Labute approximate surface area is 90.7 Å². The van der Waals surface area contributed by atoms with Crippen LogP contribution in [0.1, 0.15) is 19.3 Å². The first kappa shape index (κ1) is 14.7. The number of methoxy groups -OCH3 is 2. The van der Waals surface area contributed by atoms with Crippen LogP contribution in [0.4, 0.5) is 13.2 Å². The predicted octanol–water partition coefficient (Wildman–Crippen LogP) is 1.68. The van der Waals surface area contributed by atoms with Crippen molar-refractivity contribution in [3.05, 3.63) is 0 Å². The number of alkyl halides is 3. The van der Waals surface area contributed by atoms with Crippen LogP contribution in [0, 0.1) is 5.92 Å². The molecular formula is C9H13F3O4. The van der Waals surface area contributed by atoms with Crippen LogP contribution in [0.5, 0.6) is 0 Å². The van der Waals surface area contributed by atoms with Crippen LogP contribution in [0.3, 0.4) is 0 Å². The second kappa shape index (κ2) is 6.34. The molecule has 0 aliphatic heterocycles. The largest absolute Gasteiger partial charge is 0.468 e. The van der Waals surface area contributed by atoms with Gasteiger partial charge in [-0.3, -0.25) is 9.59 Å². The zero-order chi connectivity index (χ0) is 12.8. The Kier molecular flexibility index (Phi) is 5.84. The highest BCUT2D eigenvalue weighted by Gasteiger charge is 2.31. The summed E-state index contributed by atoms with van der Waals surface area (Å²) in [6.07, 6.45) is -5.90. The normalized spacial score (nSPS) is 11.4. The molecular weight excluding hydrogens is 229 g/mol. The molecule has 0 amide bonds. The summed E-state index contributed by atoms with van der Waals surface area (Å²) in [6, 6.07) is 0. The van der Waals surface area contributed by atoms with Crippen molar-refractivity contribution in [2.45, 2.75) is 25.4 Å². The highest BCUT2D eigenvalue weighted by Crippen LogP contribution is 2.24. The van der Waals surface area contributed by atoms with Crippen molar-refractivity contribution in [3.8, 4) is 0 Å². The maximum atomic E-state index is 11.8. The molecule has 0 radical (unpaired) electrons. The molecule has 0 aliphatic rings. The van der Waals surface area contributed by atoms with Crippen molar-refractivity contribution >= 4 is 11.9 Å². The Balaban J connectivity index is 4.24. The van der Waals surface area contributed by atoms with E-state index in [0.717, 1.165) is 14.2 Å². The third-order valence-electron chi connectivity index (χ3n) is 1.92. The fourth-order valence-corrected chi connectivity index (χ4v) is 1.12. The van der Waals surface area contributed by atoms with Gasteiger partial charge in [0.05, 0.1) is 14.2 Å². The van der Waals surface area contributed by atoms with Crippen molar-refractivity contribution < 1.29 is 32.2 Å². The first-order valence-electron chi connectivity index (χ1n) is 4.54. The lowest BCUT2D eigenvalue weighted by atomic mass is 10.0. The monoisotopic (exact) mass is 242 g/mol. The first-order chi connectivity index (χ1) is 7.31. The summed E-state index contributed by atoms with van der Waals surface area (Å²) in [5, 5.41) is 0. The number of carbonyl (C=O) groups excluding carboxylic acids is 2. The van der Waals surface area contributed by atoms with Crippen molar-refractivity contribution in [2.24, 2.45) is 5.92 Å². The molecule has 0 unspecified atom stereocenters. The maximum absolute atomic E-state index is 11.8. The van der Waals surface area contributed by atoms with E-state index in [2.05, 4.69) is 9.47 Å². The zero-order valence-corrected chi connectivity index (χ0v) is 8.97. The van der Waals surface area contributed by atoms with Gasteiger partial charge in [-0.05, 0) is 12.8 Å². The van der Waals surface area contributed by atoms with Crippen LogP contribution in [-0.4, -0.2) is 32.3 Å². The molecule has 0 atom stereocenters. The van der Waals surface area contributed by atoms with Crippen LogP contribution < -0.4 is 0 Å². The van der Waals surface area contributed by atoms with Gasteiger partial charge in [-0.15, -0.1) is 0 Å². The standard InChI is InChI=1S/C9H13F3O4/c1-15-7(13)6(8(14)16-2)4-3-5-9(10,11)12/h6H,3-5H2,1-2H3. The number of ether oxygens (including phenoxy) is 2. The summed E-state index contributed by atoms with van der Waals surface area (Å²) < 4.78 is 44.1. The van der Waals surface area contributed by atoms with Gasteiger partial charge >= 0.3 is 18.1 Å². The summed E-state index contributed by atoms with van der Waals surface area (Å²) in [6.45, 7) is 0. The molecule has 0 aromatic rings. The van der Waals surface area contributed by atoms with Crippen molar-refractivity contribution in [3.63, 3.8) is 0 Å². The lowest BCUT2D eigenvalue weighted by Gasteiger charge is -2.12. The second-order valence-electron chi connectivity index (χ2n) is 3.11. The zero-order valence-electron chi connectivity index (χ0n) is 8.97. The van der Waals surface area contributed by atoms with E-state index >= 15 is 0 Å². The van der Waals surface area contributed by atoms with Crippen LogP contribution in [0.25, 0.3) is 0 Å². The Hall–Kier alpha value is -1.27. The number of carbonyl (C=O) groups is 2. The smallest absolute Gasteiger partial charge is 0.389 e. The first-order valence-corrected chi connectivity index (χ1v) is 4.54. The fourth-order valence-electron chi connectivity index (χ4n) is 1.12. The van der Waals surface area contributed by atoms with Gasteiger partial charge in [-0.1, -0.05) is 0 Å². The number of esters is 2. The predicted molar refractivity (Wildman–Crippen MR) is 47.4 cm³/mol. The van der Waals surface area contributed by atoms with E-state index in [1.54, 1.807) is 0 Å². The molecule has 0 bridgehead atoms. The minimum absolute atomic E-state index is 0.237. The summed E-state index contributed by atoms with van der Waals surface area (Å²) in [7, 11) is 2.12. The average molecular weight is 242 g/mol. The third kappa shape index (κ3) is 5.57. The fraction of sp³-hybridized carbons (Fsp3) is 0.778. The topological polar surface area (TPSA) is 52.6 Å². The highest BCUT2D eigenvalue weighted by molar-refractivity contribution is 5.94. The molecule has 4 nitrogen and oxygen atoms in total. The van der Waals surface area contributed by atoms with E-state index in [1.807, 2.05) is 0 Å². The van der Waals surface area contributed by atoms with E-state index in [-0.39, 0.29) is 12.8 Å². The molecule has 7 heteroatoms. The van der Waals surface area contributed by atoms with Gasteiger partial charge < -0.3 is 9.47 Å². The van der Waals surface area contributed by atoms with Crippen LogP contribution >= 0.6 is 0 Å². The summed E-state index contributed by atoms with van der Waals surface area (Å²) in [5.41, 5.74) is 0. The molecule has 0 aliphatic carbocycles. The number of hydrogen-bond donors (Lipinski definition) is 0. The highest BCUT2D eigenvalue weighted by atomic mass is 19.4. The molecule has 0 saturated carbocycles. The van der Waals surface area contributed by atoms with Gasteiger partial charge in [0.25, 0.3) is 0 Å². The molecule has 0 rings (SSSR count). The van der Waals surface area contributed by atoms with E-state index in [0.29, 0.717) is 0 Å². The van der Waals surface area contributed by atoms with Crippen molar-refractivity contribution in [1.82, 2.24) is 0 Å². The molecule has 0 aromatic carbocycles. The van der Waals surface area contributed by atoms with Crippen LogP contribution in [-0.2, 0) is 19.1 Å². The van der Waals surface area contributed by atoms with E-state index in [4.69, 9.17) is 0 Å². The molecule has 0 fully saturated rings. The molecule has 0 N–H and O–H groups in total. The Morgan fingerprint density at radius 1 is 1.12 bits per heavy atom. The molecule has 16 heavy (non-hydrogen) atoms. The quantitative estimate of drug-likeness (QED) is 0.543. The molecule has 0 spiro atoms. The van der Waals surface area contributed by atoms with E-state index in [9.17, 15) is 22.8 Å². The molecule has 0 aromatic heterocycles. The van der Waals surface area contributed by atoms with Gasteiger partial charge in [0.15, 0.2) is 5.92 Å². The Bertz CT molecular complexity index is 234. The lowest BCUT2D eigenvalue weighted by Crippen LogP contribution is -2.26. The van der Waals surface area contributed by atoms with Gasteiger partial charge in [0.1, 0.15) is 0 Å². The minimum atomic E-state index is -4.29. The number of hydrogen-bond acceptors (Lipinski definition) is 4. The van der Waals surface area contributed by atoms with E-state index in [1.165, 1.54) is 0 Å². The van der Waals surface area contributed by atoms with Crippen molar-refractivity contribution in [2.75, 3.05) is 14.2 Å². The lowest BCUT2D eigenvalue weighted by molar-refractivity contribution is -0.161. The van der Waals surface area contributed by atoms with Gasteiger partial charge in [-0.25, -0.2) is 0 Å². The second-order valence-corrected chi connectivity index (χ2v) is 3.11.